The number of thiocarbonyl (C=S) groups is 1. The lowest BCUT2D eigenvalue weighted by atomic mass is 9.95. The van der Waals surface area contributed by atoms with Gasteiger partial charge in [-0.1, -0.05) is 43.2 Å². The lowest BCUT2D eigenvalue weighted by Crippen LogP contribution is -2.38. The molecule has 2 rings (SSSR count). The van der Waals surface area contributed by atoms with Gasteiger partial charge in [-0.25, -0.2) is 4.90 Å². The summed E-state index contributed by atoms with van der Waals surface area (Å²) in [6.45, 7) is 0. The number of amides is 3. The van der Waals surface area contributed by atoms with Gasteiger partial charge in [-0.2, -0.15) is 0 Å². The average molecular weight is 314 g/mol. The van der Waals surface area contributed by atoms with Crippen molar-refractivity contribution < 1.29 is 14.4 Å². The van der Waals surface area contributed by atoms with E-state index in [4.69, 9.17) is 12.2 Å². The van der Waals surface area contributed by atoms with Crippen LogP contribution in [0.3, 0.4) is 0 Å². The number of rotatable bonds is 3. The first-order valence-electron chi connectivity index (χ1n) is 6.90. The van der Waals surface area contributed by atoms with Crippen LogP contribution in [-0.4, -0.2) is 38.7 Å². The van der Waals surface area contributed by atoms with E-state index in [1.54, 1.807) is 0 Å². The number of nitrogens with one attached hydrogen (secondary N) is 1. The average Bonchev–Trinajstić information content (AvgIpc) is 2.77. The van der Waals surface area contributed by atoms with Gasteiger partial charge in [0.2, 0.25) is 17.7 Å². The Balaban J connectivity index is 1.73. The summed E-state index contributed by atoms with van der Waals surface area (Å²) in [6.07, 6.45) is 6.06. The predicted molar refractivity (Wildman–Crippen MR) is 81.2 cm³/mol. The standard InChI is InChI=1S/C13H18N2O3S2/c16-10(14-9-4-2-1-3-5-9)8-20-13(19)15-11(17)6-7-12(15)18/h9H,1-8H2,(H,14,16). The molecule has 7 heteroatoms. The van der Waals surface area contributed by atoms with Crippen molar-refractivity contribution in [3.05, 3.63) is 0 Å². The van der Waals surface area contributed by atoms with E-state index >= 15 is 0 Å². The third kappa shape index (κ3) is 4.02. The van der Waals surface area contributed by atoms with Crippen molar-refractivity contribution in [3.63, 3.8) is 0 Å². The Labute approximate surface area is 127 Å². The highest BCUT2D eigenvalue weighted by Crippen LogP contribution is 2.20. The molecule has 1 heterocycles. The highest BCUT2D eigenvalue weighted by Gasteiger charge is 2.32. The third-order valence-corrected chi connectivity index (χ3v) is 4.90. The van der Waals surface area contributed by atoms with E-state index in [1.165, 1.54) is 6.42 Å². The van der Waals surface area contributed by atoms with Gasteiger partial charge in [0.15, 0.2) is 0 Å². The fraction of sp³-hybridized carbons (Fsp3) is 0.692. The number of carbonyl (C=O) groups is 3. The number of carbonyl (C=O) groups excluding carboxylic acids is 3. The lowest BCUT2D eigenvalue weighted by Gasteiger charge is -2.22. The molecule has 0 aromatic rings. The Morgan fingerprint density at radius 3 is 2.40 bits per heavy atom. The van der Waals surface area contributed by atoms with Crippen LogP contribution in [0.2, 0.25) is 0 Å². The molecule has 0 aromatic carbocycles. The minimum Gasteiger partial charge on any atom is -0.353 e. The monoisotopic (exact) mass is 314 g/mol. The smallest absolute Gasteiger partial charge is 0.235 e. The molecule has 110 valence electrons. The highest BCUT2D eigenvalue weighted by molar-refractivity contribution is 8.23. The number of hydrogen-bond donors (Lipinski definition) is 1. The number of imide groups is 1. The number of likely N-dealkylation sites (tertiary alicyclic amines) is 1. The van der Waals surface area contributed by atoms with Crippen LogP contribution in [0.4, 0.5) is 0 Å². The molecular formula is C13H18N2O3S2. The van der Waals surface area contributed by atoms with Crippen molar-refractivity contribution in [2.45, 2.75) is 51.0 Å². The molecule has 0 bridgehead atoms. The van der Waals surface area contributed by atoms with Crippen LogP contribution in [0.25, 0.3) is 0 Å². The van der Waals surface area contributed by atoms with Gasteiger partial charge >= 0.3 is 0 Å². The summed E-state index contributed by atoms with van der Waals surface area (Å²) >= 11 is 6.14. The van der Waals surface area contributed by atoms with Crippen LogP contribution in [0.5, 0.6) is 0 Å². The van der Waals surface area contributed by atoms with Crippen LogP contribution in [0.1, 0.15) is 44.9 Å². The van der Waals surface area contributed by atoms with Crippen LogP contribution in [0.15, 0.2) is 0 Å². The molecule has 0 unspecified atom stereocenters. The highest BCUT2D eigenvalue weighted by atomic mass is 32.2. The van der Waals surface area contributed by atoms with E-state index < -0.39 is 0 Å². The Bertz CT molecular complexity index is 417. The van der Waals surface area contributed by atoms with Crippen molar-refractivity contribution in [1.82, 2.24) is 10.2 Å². The van der Waals surface area contributed by atoms with Crippen molar-refractivity contribution in [1.29, 1.82) is 0 Å². The SMILES string of the molecule is O=C(CSC(=S)N1C(=O)CCC1=O)NC1CCCCC1. The van der Waals surface area contributed by atoms with E-state index in [2.05, 4.69) is 5.32 Å². The maximum Gasteiger partial charge on any atom is 0.235 e. The quantitative estimate of drug-likeness (QED) is 0.633. The fourth-order valence-corrected chi connectivity index (χ4v) is 3.54. The largest absolute Gasteiger partial charge is 0.353 e. The van der Waals surface area contributed by atoms with Crippen LogP contribution >= 0.6 is 24.0 Å². The molecule has 1 aliphatic carbocycles. The molecular weight excluding hydrogens is 296 g/mol. The van der Waals surface area contributed by atoms with Gasteiger partial charge in [0.05, 0.1) is 5.75 Å². The second-order valence-corrected chi connectivity index (χ2v) is 6.69. The summed E-state index contributed by atoms with van der Waals surface area (Å²) in [7, 11) is 0. The number of hydrogen-bond acceptors (Lipinski definition) is 5. The summed E-state index contributed by atoms with van der Waals surface area (Å²) in [5.74, 6) is -0.449. The predicted octanol–water partition coefficient (Wildman–Crippen LogP) is 1.60. The molecule has 2 fully saturated rings. The second kappa shape index (κ2) is 7.17. The van der Waals surface area contributed by atoms with Crippen molar-refractivity contribution in [2.24, 2.45) is 0 Å². The topological polar surface area (TPSA) is 66.5 Å². The summed E-state index contributed by atoms with van der Waals surface area (Å²) in [6, 6.07) is 0.264. The van der Waals surface area contributed by atoms with E-state index in [-0.39, 0.29) is 46.7 Å². The molecule has 1 aliphatic heterocycles. The lowest BCUT2D eigenvalue weighted by molar-refractivity contribution is -0.133. The Kier molecular flexibility index (Phi) is 5.54. The van der Waals surface area contributed by atoms with Crippen LogP contribution in [0, 0.1) is 0 Å². The minimum absolute atomic E-state index is 0.0802. The van der Waals surface area contributed by atoms with Crippen molar-refractivity contribution in [2.75, 3.05) is 5.75 Å². The van der Waals surface area contributed by atoms with Crippen molar-refractivity contribution in [3.8, 4) is 0 Å². The van der Waals surface area contributed by atoms with Gasteiger partial charge < -0.3 is 5.32 Å². The Morgan fingerprint density at radius 1 is 1.20 bits per heavy atom. The molecule has 2 aliphatic rings. The van der Waals surface area contributed by atoms with Gasteiger partial charge in [-0.15, -0.1) is 0 Å². The zero-order chi connectivity index (χ0) is 14.5. The number of thioether (sulfide) groups is 1. The molecule has 0 radical (unpaired) electrons. The zero-order valence-electron chi connectivity index (χ0n) is 11.2. The van der Waals surface area contributed by atoms with Crippen LogP contribution < -0.4 is 5.32 Å². The molecule has 5 nitrogen and oxygen atoms in total. The molecule has 0 atom stereocenters. The Morgan fingerprint density at radius 2 is 1.80 bits per heavy atom. The first-order chi connectivity index (χ1) is 9.58. The molecule has 1 N–H and O–H groups in total. The fourth-order valence-electron chi connectivity index (χ4n) is 2.49. The second-order valence-electron chi connectivity index (χ2n) is 5.08. The van der Waals surface area contributed by atoms with Gasteiger partial charge in [-0.3, -0.25) is 14.4 Å². The third-order valence-electron chi connectivity index (χ3n) is 3.53. The van der Waals surface area contributed by atoms with E-state index in [1.807, 2.05) is 0 Å². The van der Waals surface area contributed by atoms with E-state index in [0.717, 1.165) is 42.3 Å². The maximum absolute atomic E-state index is 11.8. The maximum atomic E-state index is 11.8. The first-order valence-corrected chi connectivity index (χ1v) is 8.29. The number of nitrogens with zero attached hydrogens (tertiary/aromatic N) is 1. The van der Waals surface area contributed by atoms with Crippen LogP contribution in [-0.2, 0) is 14.4 Å². The molecule has 1 saturated carbocycles. The van der Waals surface area contributed by atoms with Gasteiger partial charge in [0, 0.05) is 18.9 Å². The van der Waals surface area contributed by atoms with Gasteiger partial charge in [-0.05, 0) is 12.8 Å². The molecule has 3 amide bonds. The van der Waals surface area contributed by atoms with E-state index in [0.29, 0.717) is 0 Å². The molecule has 0 aromatic heterocycles. The normalized spacial score (nSPS) is 20.3. The molecule has 0 spiro atoms. The summed E-state index contributed by atoms with van der Waals surface area (Å²) in [4.78, 5) is 35.8. The van der Waals surface area contributed by atoms with E-state index in [9.17, 15) is 14.4 Å². The van der Waals surface area contributed by atoms with Gasteiger partial charge in [0.25, 0.3) is 0 Å². The van der Waals surface area contributed by atoms with Crippen molar-refractivity contribution >= 4 is 46.0 Å². The van der Waals surface area contributed by atoms with Gasteiger partial charge in [0.1, 0.15) is 4.32 Å². The Hall–Kier alpha value is -0.950. The first kappa shape index (κ1) is 15.4. The minimum atomic E-state index is -0.264. The molecule has 20 heavy (non-hydrogen) atoms. The summed E-state index contributed by atoms with van der Waals surface area (Å²) in [5.41, 5.74) is 0. The zero-order valence-corrected chi connectivity index (χ0v) is 12.9. The summed E-state index contributed by atoms with van der Waals surface area (Å²) < 4.78 is 0.191. The molecule has 1 saturated heterocycles. The summed E-state index contributed by atoms with van der Waals surface area (Å²) in [5, 5.41) is 2.98.